The van der Waals surface area contributed by atoms with E-state index >= 15 is 0 Å². The Morgan fingerprint density at radius 3 is 2.72 bits per heavy atom. The lowest BCUT2D eigenvalue weighted by Gasteiger charge is -2.31. The first-order valence-corrected chi connectivity index (χ1v) is 12.7. The van der Waals surface area contributed by atoms with E-state index in [0.717, 1.165) is 36.1 Å². The summed E-state index contributed by atoms with van der Waals surface area (Å²) in [6.45, 7) is -0.415. The molecule has 5 rings (SSSR count). The monoisotopic (exact) mass is 537 g/mol. The summed E-state index contributed by atoms with van der Waals surface area (Å²) in [6.07, 6.45) is 8.07. The van der Waals surface area contributed by atoms with Gasteiger partial charge in [-0.15, -0.1) is 0 Å². The summed E-state index contributed by atoms with van der Waals surface area (Å²) in [4.78, 5) is 40.6. The molecule has 1 saturated carbocycles. The molecular weight excluding hydrogens is 508 g/mol. The number of hydrogen-bond acceptors (Lipinski definition) is 8. The second kappa shape index (κ2) is 10.8. The SMILES string of the molecule is COc1cc(C(=O)NCc2cccnc2)ccc1Nc1ncc2c(n1)N(C1CCCC1)CC(F)(F)C(=O)N2C. The van der Waals surface area contributed by atoms with E-state index in [1.165, 1.54) is 20.4 Å². The number of halogens is 2. The molecule has 0 radical (unpaired) electrons. The van der Waals surface area contributed by atoms with Gasteiger partial charge in [-0.25, -0.2) is 4.98 Å². The highest BCUT2D eigenvalue weighted by molar-refractivity contribution is 6.02. The summed E-state index contributed by atoms with van der Waals surface area (Å²) in [5.41, 5.74) is 1.96. The normalized spacial score (nSPS) is 17.0. The molecule has 0 unspecified atom stereocenters. The number of aromatic nitrogens is 3. The number of amides is 2. The van der Waals surface area contributed by atoms with Crippen molar-refractivity contribution in [3.63, 3.8) is 0 Å². The Morgan fingerprint density at radius 2 is 2.00 bits per heavy atom. The molecule has 3 heterocycles. The first-order chi connectivity index (χ1) is 18.8. The largest absolute Gasteiger partial charge is 0.495 e. The highest BCUT2D eigenvalue weighted by Gasteiger charge is 2.48. The van der Waals surface area contributed by atoms with Crippen LogP contribution in [0.2, 0.25) is 0 Å². The molecule has 10 nitrogen and oxygen atoms in total. The third-order valence-electron chi connectivity index (χ3n) is 7.02. The lowest BCUT2D eigenvalue weighted by Crippen LogP contribution is -2.48. The molecule has 3 aromatic rings. The van der Waals surface area contributed by atoms with Crippen LogP contribution in [0.1, 0.15) is 41.6 Å². The van der Waals surface area contributed by atoms with E-state index in [1.54, 1.807) is 41.6 Å². The number of ether oxygens (including phenoxy) is 1. The van der Waals surface area contributed by atoms with E-state index in [1.807, 2.05) is 6.07 Å². The molecule has 1 fully saturated rings. The zero-order valence-corrected chi connectivity index (χ0v) is 21.7. The van der Waals surface area contributed by atoms with Crippen molar-refractivity contribution in [3.05, 3.63) is 60.0 Å². The Balaban J connectivity index is 1.40. The van der Waals surface area contributed by atoms with Crippen LogP contribution in [0, 0.1) is 0 Å². The molecule has 1 aromatic carbocycles. The maximum atomic E-state index is 14.8. The van der Waals surface area contributed by atoms with Crippen LogP contribution in [0.15, 0.2) is 48.9 Å². The number of nitrogens with zero attached hydrogens (tertiary/aromatic N) is 5. The van der Waals surface area contributed by atoms with Gasteiger partial charge in [0, 0.05) is 37.6 Å². The van der Waals surface area contributed by atoms with Crippen LogP contribution in [-0.2, 0) is 11.3 Å². The third-order valence-corrected chi connectivity index (χ3v) is 7.02. The minimum atomic E-state index is -3.55. The zero-order valence-electron chi connectivity index (χ0n) is 21.7. The quantitative estimate of drug-likeness (QED) is 0.467. The predicted molar refractivity (Wildman–Crippen MR) is 142 cm³/mol. The highest BCUT2D eigenvalue weighted by atomic mass is 19.3. The van der Waals surface area contributed by atoms with Gasteiger partial charge < -0.3 is 25.2 Å². The van der Waals surface area contributed by atoms with Gasteiger partial charge >= 0.3 is 5.92 Å². The summed E-state index contributed by atoms with van der Waals surface area (Å²) in [6, 6.07) is 8.39. The topological polar surface area (TPSA) is 113 Å². The van der Waals surface area contributed by atoms with Crippen molar-refractivity contribution in [1.82, 2.24) is 20.3 Å². The number of benzene rings is 1. The average molecular weight is 538 g/mol. The van der Waals surface area contributed by atoms with Crippen molar-refractivity contribution in [2.75, 3.05) is 35.8 Å². The van der Waals surface area contributed by atoms with Crippen LogP contribution in [0.25, 0.3) is 0 Å². The maximum Gasteiger partial charge on any atom is 0.342 e. The smallest absolute Gasteiger partial charge is 0.342 e. The lowest BCUT2D eigenvalue weighted by atomic mass is 10.1. The van der Waals surface area contributed by atoms with Crippen molar-refractivity contribution < 1.29 is 23.1 Å². The fourth-order valence-corrected chi connectivity index (χ4v) is 4.95. The van der Waals surface area contributed by atoms with Gasteiger partial charge in [-0.05, 0) is 42.7 Å². The van der Waals surface area contributed by atoms with Crippen LogP contribution < -0.4 is 25.2 Å². The van der Waals surface area contributed by atoms with Crippen LogP contribution in [0.5, 0.6) is 5.75 Å². The molecule has 39 heavy (non-hydrogen) atoms. The number of fused-ring (bicyclic) bond motifs is 1. The molecule has 0 bridgehead atoms. The number of carbonyl (C=O) groups excluding carboxylic acids is 2. The number of alkyl halides is 2. The number of hydrogen-bond donors (Lipinski definition) is 2. The second-order valence-electron chi connectivity index (χ2n) is 9.62. The number of carbonyl (C=O) groups is 2. The van der Waals surface area contributed by atoms with Gasteiger partial charge in [0.2, 0.25) is 5.95 Å². The molecule has 2 amide bonds. The first kappa shape index (κ1) is 26.3. The number of methoxy groups -OCH3 is 1. The maximum absolute atomic E-state index is 14.8. The average Bonchev–Trinajstić information content (AvgIpc) is 3.47. The molecule has 12 heteroatoms. The Morgan fingerprint density at radius 1 is 1.21 bits per heavy atom. The summed E-state index contributed by atoms with van der Waals surface area (Å²) >= 11 is 0. The number of nitrogens with one attached hydrogen (secondary N) is 2. The zero-order chi connectivity index (χ0) is 27.6. The fourth-order valence-electron chi connectivity index (χ4n) is 4.95. The van der Waals surface area contributed by atoms with Crippen molar-refractivity contribution >= 4 is 35.0 Å². The van der Waals surface area contributed by atoms with Crippen LogP contribution in [0.4, 0.5) is 31.9 Å². The lowest BCUT2D eigenvalue weighted by molar-refractivity contribution is -0.140. The highest BCUT2D eigenvalue weighted by Crippen LogP contribution is 2.40. The third kappa shape index (κ3) is 5.45. The summed E-state index contributed by atoms with van der Waals surface area (Å²) < 4.78 is 35.2. The Hall–Kier alpha value is -4.35. The van der Waals surface area contributed by atoms with Gasteiger partial charge in [-0.3, -0.25) is 14.6 Å². The van der Waals surface area contributed by atoms with E-state index in [4.69, 9.17) is 4.74 Å². The van der Waals surface area contributed by atoms with Crippen LogP contribution in [0.3, 0.4) is 0 Å². The van der Waals surface area contributed by atoms with Gasteiger partial charge in [0.15, 0.2) is 5.82 Å². The molecule has 0 saturated heterocycles. The van der Waals surface area contributed by atoms with Crippen LogP contribution >= 0.6 is 0 Å². The number of pyridine rings is 1. The summed E-state index contributed by atoms with van der Waals surface area (Å²) in [5.74, 6) is -4.33. The molecule has 204 valence electrons. The molecule has 0 atom stereocenters. The Kier molecular flexibility index (Phi) is 7.27. The van der Waals surface area contributed by atoms with E-state index in [-0.39, 0.29) is 29.4 Å². The molecule has 2 N–H and O–H groups in total. The van der Waals surface area contributed by atoms with E-state index < -0.39 is 18.4 Å². The van der Waals surface area contributed by atoms with Gasteiger partial charge in [-0.2, -0.15) is 13.8 Å². The van der Waals surface area contributed by atoms with Crippen molar-refractivity contribution in [3.8, 4) is 5.75 Å². The van der Waals surface area contributed by atoms with Gasteiger partial charge in [0.25, 0.3) is 11.8 Å². The summed E-state index contributed by atoms with van der Waals surface area (Å²) in [5, 5.41) is 5.91. The van der Waals surface area contributed by atoms with E-state index in [9.17, 15) is 18.4 Å². The molecule has 2 aromatic heterocycles. The summed E-state index contributed by atoms with van der Waals surface area (Å²) in [7, 11) is 2.78. The van der Waals surface area contributed by atoms with Crippen molar-refractivity contribution in [2.24, 2.45) is 0 Å². The minimum absolute atomic E-state index is 0.143. The Labute approximate surface area is 224 Å². The fraction of sp³-hybridized carbons (Fsp3) is 0.370. The molecule has 1 aliphatic heterocycles. The molecule has 2 aliphatic rings. The molecular formula is C27H29F2N7O3. The first-order valence-electron chi connectivity index (χ1n) is 12.7. The molecule has 0 spiro atoms. The standard InChI is InChI=1S/C27H29F2N7O3/c1-35-21-15-32-26(34-23(21)36(19-7-3-4-8-19)16-27(28,29)25(35)38)33-20-10-9-18(12-22(20)39-2)24(37)31-14-17-6-5-11-30-13-17/h5-6,9-13,15,19H,3-4,7-8,14,16H2,1-2H3,(H,31,37)(H,32,33,34). The minimum Gasteiger partial charge on any atom is -0.495 e. The predicted octanol–water partition coefficient (Wildman–Crippen LogP) is 3.91. The van der Waals surface area contributed by atoms with E-state index in [0.29, 0.717) is 23.5 Å². The van der Waals surface area contributed by atoms with E-state index in [2.05, 4.69) is 25.6 Å². The second-order valence-corrected chi connectivity index (χ2v) is 9.62. The van der Waals surface area contributed by atoms with Gasteiger partial charge in [0.1, 0.15) is 11.4 Å². The van der Waals surface area contributed by atoms with Crippen LogP contribution in [-0.4, -0.2) is 59.4 Å². The Bertz CT molecular complexity index is 1370. The number of anilines is 4. The van der Waals surface area contributed by atoms with Crippen molar-refractivity contribution in [1.29, 1.82) is 0 Å². The van der Waals surface area contributed by atoms with Crippen molar-refractivity contribution in [2.45, 2.75) is 44.2 Å². The van der Waals surface area contributed by atoms with Gasteiger partial charge in [0.05, 0.1) is 25.5 Å². The van der Waals surface area contributed by atoms with Gasteiger partial charge in [-0.1, -0.05) is 18.9 Å². The number of rotatable bonds is 7. The molecule has 1 aliphatic carbocycles.